The molecule has 0 aliphatic carbocycles. The van der Waals surface area contributed by atoms with Crippen LogP contribution >= 0.6 is 0 Å². The first-order chi connectivity index (χ1) is 10.4. The summed E-state index contributed by atoms with van der Waals surface area (Å²) in [5.74, 6) is -2.23. The molecule has 0 heterocycles. The summed E-state index contributed by atoms with van der Waals surface area (Å²) in [6.45, 7) is 7.89. The molecule has 1 radical (unpaired) electrons. The third-order valence-electron chi connectivity index (χ3n) is 3.46. The summed E-state index contributed by atoms with van der Waals surface area (Å²) in [4.78, 5) is 20.7. The molecular formula is C16H30CoMnO5. The molecule has 0 aromatic carbocycles. The topological polar surface area (TPSA) is 97.3 Å². The number of carboxylic acid groups (broad SMARTS) is 2. The van der Waals surface area contributed by atoms with Crippen LogP contribution in [0.5, 0.6) is 0 Å². The molecule has 0 amide bonds. The molecule has 0 aliphatic rings. The van der Waals surface area contributed by atoms with Crippen molar-refractivity contribution >= 4 is 11.9 Å². The van der Waals surface area contributed by atoms with E-state index in [1.807, 2.05) is 13.8 Å². The molecule has 0 spiro atoms. The molecular weight excluding hydrogens is 386 g/mol. The molecule has 2 unspecified atom stereocenters. The van der Waals surface area contributed by atoms with Crippen molar-refractivity contribution in [2.75, 3.05) is 0 Å². The Morgan fingerprint density at radius 1 is 0.783 bits per heavy atom. The molecule has 0 rings (SSSR count). The predicted molar refractivity (Wildman–Crippen MR) is 77.3 cm³/mol. The van der Waals surface area contributed by atoms with Gasteiger partial charge in [0.2, 0.25) is 0 Å². The number of carbonyl (C=O) groups is 2. The molecule has 0 N–H and O–H groups in total. The van der Waals surface area contributed by atoms with Crippen molar-refractivity contribution in [2.45, 2.75) is 79.1 Å². The van der Waals surface area contributed by atoms with Crippen LogP contribution in [0.2, 0.25) is 0 Å². The minimum absolute atomic E-state index is 0. The van der Waals surface area contributed by atoms with E-state index in [0.717, 1.165) is 38.5 Å². The molecule has 0 aromatic rings. The van der Waals surface area contributed by atoms with E-state index in [4.69, 9.17) is 3.87 Å². The fourth-order valence-electron chi connectivity index (χ4n) is 1.88. The number of rotatable bonds is 10. The molecule has 0 aromatic heterocycles. The van der Waals surface area contributed by atoms with Gasteiger partial charge in [-0.2, -0.15) is 0 Å². The molecule has 0 saturated heterocycles. The first-order valence-corrected chi connectivity index (χ1v) is 8.42. The van der Waals surface area contributed by atoms with Gasteiger partial charge in [0.15, 0.2) is 0 Å². The van der Waals surface area contributed by atoms with Gasteiger partial charge in [0.1, 0.15) is 0 Å². The van der Waals surface area contributed by atoms with Gasteiger partial charge >= 0.3 is 36.6 Å². The number of aliphatic carboxylic acids is 2. The van der Waals surface area contributed by atoms with Crippen LogP contribution in [0.3, 0.4) is 0 Å². The van der Waals surface area contributed by atoms with Gasteiger partial charge < -0.3 is 19.8 Å². The van der Waals surface area contributed by atoms with E-state index < -0.39 is 11.9 Å². The Bertz CT molecular complexity index is 251. The van der Waals surface area contributed by atoms with E-state index >= 15 is 0 Å². The number of hydrogen-bond donors (Lipinski definition) is 0. The second-order valence-corrected chi connectivity index (χ2v) is 5.13. The summed E-state index contributed by atoms with van der Waals surface area (Å²) in [6, 6.07) is 0. The summed E-state index contributed by atoms with van der Waals surface area (Å²) in [6.07, 6.45) is 7.04. The van der Waals surface area contributed by atoms with Crippen LogP contribution < -0.4 is 10.2 Å². The van der Waals surface area contributed by atoms with Gasteiger partial charge in [0.05, 0.1) is 0 Å². The predicted octanol–water partition coefficient (Wildman–Crippen LogP) is 1.78. The van der Waals surface area contributed by atoms with Crippen molar-refractivity contribution in [1.29, 1.82) is 0 Å². The molecule has 23 heavy (non-hydrogen) atoms. The van der Waals surface area contributed by atoms with Crippen LogP contribution in [-0.4, -0.2) is 11.9 Å². The second-order valence-electron chi connectivity index (χ2n) is 5.13. The van der Waals surface area contributed by atoms with E-state index in [2.05, 4.69) is 29.5 Å². The third kappa shape index (κ3) is 21.8. The van der Waals surface area contributed by atoms with Crippen molar-refractivity contribution < 1.29 is 56.4 Å². The van der Waals surface area contributed by atoms with Crippen LogP contribution in [0.4, 0.5) is 0 Å². The Hall–Kier alpha value is -0.234. The fraction of sp³-hybridized carbons (Fsp3) is 0.875. The van der Waals surface area contributed by atoms with Gasteiger partial charge in [0, 0.05) is 11.9 Å². The molecule has 0 bridgehead atoms. The Labute approximate surface area is 159 Å². The normalized spacial score (nSPS) is 11.5. The zero-order valence-corrected chi connectivity index (χ0v) is 16.8. The minimum atomic E-state index is -0.893. The average molecular weight is 416 g/mol. The molecule has 7 heteroatoms. The first kappa shape index (κ1) is 30.6. The summed E-state index contributed by atoms with van der Waals surface area (Å²) in [5, 5.41) is 20.7. The van der Waals surface area contributed by atoms with Crippen molar-refractivity contribution in [3.8, 4) is 0 Å². The van der Waals surface area contributed by atoms with Gasteiger partial charge in [-0.25, -0.2) is 0 Å². The summed E-state index contributed by atoms with van der Waals surface area (Å²) in [7, 11) is 0. The summed E-state index contributed by atoms with van der Waals surface area (Å²) < 4.78 is 7.94. The summed E-state index contributed by atoms with van der Waals surface area (Å²) in [5.41, 5.74) is 0. The van der Waals surface area contributed by atoms with E-state index in [1.54, 1.807) is 0 Å². The second kappa shape index (κ2) is 24.0. The van der Waals surface area contributed by atoms with E-state index in [1.165, 1.54) is 0 Å². The Balaban J connectivity index is -0.000000136. The van der Waals surface area contributed by atoms with Crippen molar-refractivity contribution in [3.05, 3.63) is 0 Å². The average Bonchev–Trinajstić information content (AvgIpc) is 2.51. The first-order valence-electron chi connectivity index (χ1n) is 7.99. The Kier molecular flexibility index (Phi) is 32.0. The van der Waals surface area contributed by atoms with Crippen LogP contribution in [0.25, 0.3) is 0 Å². The van der Waals surface area contributed by atoms with Crippen molar-refractivity contribution in [2.24, 2.45) is 11.8 Å². The SMILES string of the molecule is CCCCC(CC)C(=O)[O-].CCCCC(CC)C(=O)[O-].[Mn+2].[O]=[Co]. The number of carboxylic acids is 2. The van der Waals surface area contributed by atoms with Gasteiger partial charge in [0.25, 0.3) is 0 Å². The maximum absolute atomic E-state index is 10.3. The van der Waals surface area contributed by atoms with E-state index in [0.29, 0.717) is 12.8 Å². The molecule has 0 fully saturated rings. The zero-order valence-electron chi connectivity index (χ0n) is 14.6. The van der Waals surface area contributed by atoms with Crippen LogP contribution in [0, 0.1) is 11.8 Å². The van der Waals surface area contributed by atoms with Crippen molar-refractivity contribution in [3.63, 3.8) is 0 Å². The summed E-state index contributed by atoms with van der Waals surface area (Å²) >= 11 is 2.31. The Morgan fingerprint density at radius 2 is 1.04 bits per heavy atom. The molecule has 0 saturated carbocycles. The maximum atomic E-state index is 10.3. The quantitative estimate of drug-likeness (QED) is 0.506. The van der Waals surface area contributed by atoms with Gasteiger partial charge in [-0.05, 0) is 37.5 Å². The van der Waals surface area contributed by atoms with Crippen LogP contribution in [0.1, 0.15) is 79.1 Å². The molecule has 0 aliphatic heterocycles. The van der Waals surface area contributed by atoms with Crippen LogP contribution in [-0.2, 0) is 46.2 Å². The molecule has 5 nitrogen and oxygen atoms in total. The van der Waals surface area contributed by atoms with E-state index in [-0.39, 0.29) is 28.9 Å². The zero-order chi connectivity index (χ0) is 18.0. The standard InChI is InChI=1S/2C8H16O2.Co.Mn.O/c2*1-3-5-6-7(4-2)8(9)10;;;/h2*7H,3-6H2,1-2H3,(H,9,10);;;/q;;;+2;/p-2. The Morgan fingerprint density at radius 3 is 1.17 bits per heavy atom. The number of carbonyl (C=O) groups excluding carboxylic acids is 2. The number of unbranched alkanes of at least 4 members (excludes halogenated alkanes) is 2. The monoisotopic (exact) mass is 416 g/mol. The molecule has 140 valence electrons. The number of hydrogen-bond acceptors (Lipinski definition) is 5. The fourth-order valence-corrected chi connectivity index (χ4v) is 1.88. The van der Waals surface area contributed by atoms with Gasteiger partial charge in [-0.3, -0.25) is 0 Å². The van der Waals surface area contributed by atoms with Gasteiger partial charge in [-0.1, -0.05) is 53.4 Å². The van der Waals surface area contributed by atoms with Gasteiger partial charge in [-0.15, -0.1) is 0 Å². The van der Waals surface area contributed by atoms with E-state index in [9.17, 15) is 19.8 Å². The molecule has 2 atom stereocenters. The third-order valence-corrected chi connectivity index (χ3v) is 3.46. The van der Waals surface area contributed by atoms with Crippen molar-refractivity contribution in [1.82, 2.24) is 0 Å². The van der Waals surface area contributed by atoms with Crippen LogP contribution in [0.15, 0.2) is 0 Å².